The minimum Gasteiger partial charge on any atom is -0.660 e. The number of hydrogen-bond donors (Lipinski definition) is 1. The summed E-state index contributed by atoms with van der Waals surface area (Å²) in [6.07, 6.45) is 3.81. The van der Waals surface area contributed by atoms with E-state index < -0.39 is 5.92 Å². The number of allylic oxidation sites excluding steroid dienone is 2. The van der Waals surface area contributed by atoms with Gasteiger partial charge >= 0.3 is 17.1 Å². The number of aromatic amines is 1. The van der Waals surface area contributed by atoms with Crippen LogP contribution in [0.15, 0.2) is 132 Å². The van der Waals surface area contributed by atoms with Crippen molar-refractivity contribution in [2.45, 2.75) is 5.92 Å². The molecular weight excluding hydrogens is 923 g/mol. The number of aromatic nitrogens is 3. The molecule has 9 rings (SSSR count). The standard InChI is InChI=1S/C44H22Cl8N4.Mn/c45-21-5-1-6-22(46)37(21)41-29-13-15-31(53-29)42(38-23(47)7-2-8-24(38)48)33-17-19-35(55-33)44(40-27(51)11-4-12-28(40)52)36-20-18-34(56-36)43(32-16-14-30(41)54-32)39-25(49)9-3-10-26(39)50;/h1-20,41,55H;/q-2;+2. The van der Waals surface area contributed by atoms with Crippen molar-refractivity contribution >= 4 is 115 Å². The first-order chi connectivity index (χ1) is 27.1. The first-order valence-electron chi connectivity index (χ1n) is 17.1. The van der Waals surface area contributed by atoms with Crippen LogP contribution in [0.25, 0.3) is 16.7 Å². The van der Waals surface area contributed by atoms with Crippen molar-refractivity contribution < 1.29 is 17.1 Å². The van der Waals surface area contributed by atoms with Gasteiger partial charge in [-0.2, -0.15) is 0 Å². The largest absolute Gasteiger partial charge is 2.00 e. The predicted octanol–water partition coefficient (Wildman–Crippen LogP) is 12.6. The number of H-pyrrole nitrogens is 1. The fourth-order valence-electron chi connectivity index (χ4n) is 7.32. The van der Waals surface area contributed by atoms with Crippen molar-refractivity contribution in [1.29, 1.82) is 0 Å². The Morgan fingerprint density at radius 2 is 0.842 bits per heavy atom. The molecule has 0 spiro atoms. The Bertz CT molecular complexity index is 2910. The molecule has 1 unspecified atom stereocenters. The van der Waals surface area contributed by atoms with E-state index in [1.165, 1.54) is 0 Å². The van der Waals surface area contributed by atoms with E-state index in [0.29, 0.717) is 124 Å². The first kappa shape index (κ1) is 40.2. The molecular formula is C44H22Cl8MnN4. The normalized spacial score (nSPS) is 14.9. The molecule has 2 aliphatic rings. The van der Waals surface area contributed by atoms with Gasteiger partial charge in [0.25, 0.3) is 0 Å². The number of aliphatic imine (C=N–C) groups is 1. The van der Waals surface area contributed by atoms with Crippen molar-refractivity contribution in [2.75, 3.05) is 0 Å². The molecule has 3 aromatic heterocycles. The van der Waals surface area contributed by atoms with Gasteiger partial charge in [-0.15, -0.1) is 22.8 Å². The Morgan fingerprint density at radius 3 is 1.33 bits per heavy atom. The molecule has 5 heterocycles. The minimum atomic E-state index is -0.595. The van der Waals surface area contributed by atoms with Crippen LogP contribution in [0.5, 0.6) is 0 Å². The van der Waals surface area contributed by atoms with Crippen LogP contribution in [-0.2, 0) is 17.1 Å². The Labute approximate surface area is 377 Å². The van der Waals surface area contributed by atoms with Crippen molar-refractivity contribution in [3.05, 3.63) is 223 Å². The monoisotopic (exact) mass is 941 g/mol. The van der Waals surface area contributed by atoms with Crippen LogP contribution < -0.4 is 20.7 Å². The molecule has 0 aliphatic carbocycles. The molecule has 0 fully saturated rings. The van der Waals surface area contributed by atoms with E-state index in [-0.39, 0.29) is 17.1 Å². The zero-order valence-corrected chi connectivity index (χ0v) is 36.1. The number of fused-ring (bicyclic) bond motifs is 7. The van der Waals surface area contributed by atoms with E-state index in [9.17, 15) is 0 Å². The minimum absolute atomic E-state index is 0. The average molecular weight is 945 g/mol. The van der Waals surface area contributed by atoms with Gasteiger partial charge in [0, 0.05) is 63.1 Å². The molecule has 7 aromatic rings. The van der Waals surface area contributed by atoms with Crippen LogP contribution in [0, 0.1) is 0 Å². The van der Waals surface area contributed by atoms with E-state index in [1.54, 1.807) is 72.8 Å². The third-order valence-corrected chi connectivity index (χ3v) is 12.3. The molecule has 2 aliphatic heterocycles. The molecule has 1 N–H and O–H groups in total. The maximum Gasteiger partial charge on any atom is 2.00 e. The van der Waals surface area contributed by atoms with Gasteiger partial charge in [0.05, 0.1) is 21.5 Å². The van der Waals surface area contributed by atoms with Gasteiger partial charge in [-0.1, -0.05) is 141 Å². The number of halogens is 8. The molecule has 0 saturated heterocycles. The second-order valence-electron chi connectivity index (χ2n) is 13.0. The van der Waals surface area contributed by atoms with Crippen molar-refractivity contribution in [1.82, 2.24) is 15.0 Å². The Balaban J connectivity index is 0.00000455. The molecule has 8 bridgehead atoms. The summed E-state index contributed by atoms with van der Waals surface area (Å²) in [4.78, 5) is 19.4. The number of rotatable bonds is 4. The molecule has 1 radical (unpaired) electrons. The summed E-state index contributed by atoms with van der Waals surface area (Å²) in [6, 6.07) is 33.1. The SMILES string of the molecule is Clc1cccc(Cl)c1C1=C2C=CC(=N2)C(c2c(Cl)cccc2Cl)=c2ccc([nH]2)=C(c2c(Cl)cccc2Cl)c2ccc([n-]2)C(c2c(Cl)cccc2Cl)c2ccc1[n-]2.[Mn+2]. The van der Waals surface area contributed by atoms with Crippen LogP contribution in [0.1, 0.15) is 50.9 Å². The third kappa shape index (κ3) is 7.17. The van der Waals surface area contributed by atoms with Crippen molar-refractivity contribution in [2.24, 2.45) is 4.99 Å². The van der Waals surface area contributed by atoms with Crippen LogP contribution in [-0.4, -0.2) is 10.7 Å². The second kappa shape index (κ2) is 16.2. The number of hydrogen-bond acceptors (Lipinski definition) is 1. The molecule has 0 saturated carbocycles. The van der Waals surface area contributed by atoms with Gasteiger partial charge in [-0.25, -0.2) is 4.99 Å². The van der Waals surface area contributed by atoms with Crippen LogP contribution in [0.4, 0.5) is 0 Å². The molecule has 1 atom stereocenters. The number of nitrogens with zero attached hydrogens (tertiary/aromatic N) is 3. The smallest absolute Gasteiger partial charge is 0.660 e. The summed E-state index contributed by atoms with van der Waals surface area (Å²) < 4.78 is 0. The summed E-state index contributed by atoms with van der Waals surface area (Å²) in [7, 11) is 0. The zero-order valence-electron chi connectivity index (χ0n) is 28.9. The zero-order chi connectivity index (χ0) is 38.8. The maximum atomic E-state index is 6.95. The topological polar surface area (TPSA) is 56.4 Å². The molecule has 4 nitrogen and oxygen atoms in total. The quantitative estimate of drug-likeness (QED) is 0.179. The van der Waals surface area contributed by atoms with Gasteiger partial charge in [0.2, 0.25) is 0 Å². The fourth-order valence-corrected chi connectivity index (χ4v) is 9.69. The van der Waals surface area contributed by atoms with Gasteiger partial charge in [0.15, 0.2) is 0 Å². The molecule has 0 amide bonds. The van der Waals surface area contributed by atoms with E-state index in [4.69, 9.17) is 108 Å². The van der Waals surface area contributed by atoms with Gasteiger partial charge in [-0.3, -0.25) is 0 Å². The van der Waals surface area contributed by atoms with Crippen LogP contribution in [0.3, 0.4) is 0 Å². The average Bonchev–Trinajstić information content (AvgIpc) is 4.00. The summed E-state index contributed by atoms with van der Waals surface area (Å²) in [5, 5.41) is 4.88. The number of benzene rings is 4. The summed E-state index contributed by atoms with van der Waals surface area (Å²) in [5.74, 6) is -0.595. The van der Waals surface area contributed by atoms with Crippen LogP contribution in [0.2, 0.25) is 40.2 Å². The second-order valence-corrected chi connectivity index (χ2v) is 16.3. The fraction of sp³-hybridized carbons (Fsp3) is 0.0227. The summed E-state index contributed by atoms with van der Waals surface area (Å²) in [6.45, 7) is 0. The van der Waals surface area contributed by atoms with E-state index >= 15 is 0 Å². The first-order valence-corrected chi connectivity index (χ1v) is 20.1. The number of nitrogens with one attached hydrogen (secondary N) is 1. The Hall–Kier alpha value is -3.55. The van der Waals surface area contributed by atoms with Crippen molar-refractivity contribution in [3.8, 4) is 0 Å². The van der Waals surface area contributed by atoms with Crippen molar-refractivity contribution in [3.63, 3.8) is 0 Å². The van der Waals surface area contributed by atoms with E-state index in [2.05, 4.69) is 4.98 Å². The van der Waals surface area contributed by atoms with Crippen LogP contribution >= 0.6 is 92.8 Å². The van der Waals surface area contributed by atoms with Gasteiger partial charge in [-0.05, 0) is 95.4 Å². The van der Waals surface area contributed by atoms with E-state index in [1.807, 2.05) is 48.6 Å². The van der Waals surface area contributed by atoms with Gasteiger partial charge < -0.3 is 15.0 Å². The summed E-state index contributed by atoms with van der Waals surface area (Å²) in [5.41, 5.74) is 7.92. The molecule has 281 valence electrons. The van der Waals surface area contributed by atoms with E-state index in [0.717, 1.165) is 0 Å². The third-order valence-electron chi connectivity index (χ3n) is 9.73. The Morgan fingerprint density at radius 1 is 0.439 bits per heavy atom. The molecule has 4 aromatic carbocycles. The molecule has 57 heavy (non-hydrogen) atoms. The summed E-state index contributed by atoms with van der Waals surface area (Å²) >= 11 is 55.6. The van der Waals surface area contributed by atoms with Gasteiger partial charge in [0.1, 0.15) is 0 Å². The predicted molar refractivity (Wildman–Crippen MR) is 233 cm³/mol. The molecule has 13 heteroatoms. The Kier molecular flexibility index (Phi) is 11.5. The maximum absolute atomic E-state index is 6.95.